The summed E-state index contributed by atoms with van der Waals surface area (Å²) >= 11 is 0. The van der Waals surface area contributed by atoms with Crippen LogP contribution in [-0.2, 0) is 6.54 Å². The lowest BCUT2D eigenvalue weighted by atomic mass is 10.1. The summed E-state index contributed by atoms with van der Waals surface area (Å²) in [5.41, 5.74) is 1.31. The number of amides is 1. The number of benzene rings is 1. The maximum Gasteiger partial charge on any atom is 0.259 e. The van der Waals surface area contributed by atoms with E-state index in [1.165, 1.54) is 6.20 Å². The van der Waals surface area contributed by atoms with E-state index in [1.54, 1.807) is 4.90 Å². The minimum absolute atomic E-state index is 0.103. The van der Waals surface area contributed by atoms with Crippen LogP contribution in [0.1, 0.15) is 35.0 Å². The molecular weight excluding hydrogens is 306 g/mol. The lowest BCUT2D eigenvalue weighted by molar-refractivity contribution is 0.0680. The predicted molar refractivity (Wildman–Crippen MR) is 86.1 cm³/mol. The Morgan fingerprint density at radius 3 is 2.83 bits per heavy atom. The Kier molecular flexibility index (Phi) is 3.41. The number of fused-ring (bicyclic) bond motifs is 1. The summed E-state index contributed by atoms with van der Waals surface area (Å²) in [6.45, 7) is 5.02. The SMILES string of the molecule is Cc1nnc2n1[C@H](C)CN(C(=O)c1cnoc1-c1ccccc1)C2. The van der Waals surface area contributed by atoms with Gasteiger partial charge < -0.3 is 14.0 Å². The number of carbonyl (C=O) groups is 1. The minimum atomic E-state index is -0.103. The first-order valence-electron chi connectivity index (χ1n) is 7.85. The van der Waals surface area contributed by atoms with Crippen molar-refractivity contribution in [3.8, 4) is 11.3 Å². The van der Waals surface area contributed by atoms with Gasteiger partial charge in [-0.15, -0.1) is 10.2 Å². The van der Waals surface area contributed by atoms with Crippen LogP contribution in [0.4, 0.5) is 0 Å². The van der Waals surface area contributed by atoms with Crippen molar-refractivity contribution in [2.45, 2.75) is 26.4 Å². The van der Waals surface area contributed by atoms with E-state index in [9.17, 15) is 4.79 Å². The zero-order valence-electron chi connectivity index (χ0n) is 13.5. The Bertz CT molecular complexity index is 884. The van der Waals surface area contributed by atoms with Gasteiger partial charge >= 0.3 is 0 Å². The maximum atomic E-state index is 13.0. The Hall–Kier alpha value is -2.96. The highest BCUT2D eigenvalue weighted by molar-refractivity contribution is 5.99. The van der Waals surface area contributed by atoms with Gasteiger partial charge in [-0.3, -0.25) is 4.79 Å². The molecule has 0 bridgehead atoms. The maximum absolute atomic E-state index is 13.0. The molecule has 0 fully saturated rings. The summed E-state index contributed by atoms with van der Waals surface area (Å²) in [5.74, 6) is 2.07. The van der Waals surface area contributed by atoms with Gasteiger partial charge in [-0.1, -0.05) is 35.5 Å². The molecule has 122 valence electrons. The molecule has 1 atom stereocenters. The summed E-state index contributed by atoms with van der Waals surface area (Å²) < 4.78 is 7.41. The van der Waals surface area contributed by atoms with Crippen molar-refractivity contribution in [1.82, 2.24) is 24.8 Å². The van der Waals surface area contributed by atoms with Crippen LogP contribution in [0.2, 0.25) is 0 Å². The molecule has 1 aliphatic heterocycles. The molecule has 7 heteroatoms. The second-order valence-electron chi connectivity index (χ2n) is 6.00. The molecule has 0 aliphatic carbocycles. The molecule has 2 aromatic heterocycles. The van der Waals surface area contributed by atoms with Crippen molar-refractivity contribution in [2.75, 3.05) is 6.54 Å². The monoisotopic (exact) mass is 323 g/mol. The molecular formula is C17H17N5O2. The van der Waals surface area contributed by atoms with Crippen molar-refractivity contribution < 1.29 is 9.32 Å². The summed E-state index contributed by atoms with van der Waals surface area (Å²) in [5, 5.41) is 12.1. The van der Waals surface area contributed by atoms with Crippen LogP contribution in [-0.4, -0.2) is 37.3 Å². The van der Waals surface area contributed by atoms with Crippen LogP contribution < -0.4 is 0 Å². The van der Waals surface area contributed by atoms with Gasteiger partial charge in [-0.2, -0.15) is 0 Å². The highest BCUT2D eigenvalue weighted by atomic mass is 16.5. The standard InChI is InChI=1S/C17H17N5O2/c1-11-9-21(10-15-20-19-12(2)22(11)15)17(23)14-8-18-24-16(14)13-6-4-3-5-7-13/h3-8,11H,9-10H2,1-2H3/t11-/m1/s1. The third kappa shape index (κ3) is 2.29. The average Bonchev–Trinajstić information content (AvgIpc) is 3.22. The minimum Gasteiger partial charge on any atom is -0.355 e. The van der Waals surface area contributed by atoms with Gasteiger partial charge in [0.05, 0.1) is 18.8 Å². The number of aryl methyl sites for hydroxylation is 1. The normalized spacial score (nSPS) is 16.9. The number of rotatable bonds is 2. The quantitative estimate of drug-likeness (QED) is 0.724. The van der Waals surface area contributed by atoms with Gasteiger partial charge in [0.2, 0.25) is 0 Å². The molecule has 1 amide bonds. The van der Waals surface area contributed by atoms with Gasteiger partial charge in [-0.25, -0.2) is 0 Å². The zero-order valence-corrected chi connectivity index (χ0v) is 13.5. The molecule has 4 rings (SSSR count). The molecule has 0 N–H and O–H groups in total. The first-order valence-corrected chi connectivity index (χ1v) is 7.85. The fourth-order valence-electron chi connectivity index (χ4n) is 3.24. The molecule has 3 aromatic rings. The van der Waals surface area contributed by atoms with Crippen molar-refractivity contribution in [3.05, 3.63) is 53.7 Å². The fraction of sp³-hybridized carbons (Fsp3) is 0.294. The molecule has 3 heterocycles. The Labute approximate surface area is 138 Å². The number of hydrogen-bond donors (Lipinski definition) is 0. The summed E-state index contributed by atoms with van der Waals surface area (Å²) in [6, 6.07) is 9.66. The molecule has 7 nitrogen and oxygen atoms in total. The Morgan fingerprint density at radius 2 is 2.04 bits per heavy atom. The van der Waals surface area contributed by atoms with Crippen LogP contribution in [0.3, 0.4) is 0 Å². The van der Waals surface area contributed by atoms with E-state index in [1.807, 2.05) is 37.3 Å². The predicted octanol–water partition coefficient (Wildman–Crippen LogP) is 2.46. The molecule has 1 aromatic carbocycles. The third-order valence-corrected chi connectivity index (χ3v) is 4.32. The smallest absolute Gasteiger partial charge is 0.259 e. The second-order valence-corrected chi connectivity index (χ2v) is 6.00. The van der Waals surface area contributed by atoms with Crippen molar-refractivity contribution in [3.63, 3.8) is 0 Å². The van der Waals surface area contributed by atoms with Crippen LogP contribution in [0, 0.1) is 6.92 Å². The van der Waals surface area contributed by atoms with Crippen LogP contribution >= 0.6 is 0 Å². The fourth-order valence-corrected chi connectivity index (χ4v) is 3.24. The summed E-state index contributed by atoms with van der Waals surface area (Å²) in [4.78, 5) is 14.8. The molecule has 24 heavy (non-hydrogen) atoms. The number of hydrogen-bond acceptors (Lipinski definition) is 5. The Balaban J connectivity index is 1.66. The first kappa shape index (κ1) is 14.6. The second kappa shape index (κ2) is 5.59. The van der Waals surface area contributed by atoms with E-state index < -0.39 is 0 Å². The largest absolute Gasteiger partial charge is 0.355 e. The number of aromatic nitrogens is 4. The van der Waals surface area contributed by atoms with E-state index in [-0.39, 0.29) is 11.9 Å². The van der Waals surface area contributed by atoms with Gasteiger partial charge in [0.1, 0.15) is 11.4 Å². The van der Waals surface area contributed by atoms with Gasteiger partial charge in [0.15, 0.2) is 11.6 Å². The van der Waals surface area contributed by atoms with Gasteiger partial charge in [0, 0.05) is 12.1 Å². The molecule has 1 aliphatic rings. The van der Waals surface area contributed by atoms with Crippen molar-refractivity contribution in [2.24, 2.45) is 0 Å². The van der Waals surface area contributed by atoms with Crippen molar-refractivity contribution in [1.29, 1.82) is 0 Å². The van der Waals surface area contributed by atoms with E-state index in [2.05, 4.69) is 26.8 Å². The zero-order chi connectivity index (χ0) is 16.7. The van der Waals surface area contributed by atoms with Gasteiger partial charge in [-0.05, 0) is 13.8 Å². The van der Waals surface area contributed by atoms with Crippen LogP contribution in [0.25, 0.3) is 11.3 Å². The van der Waals surface area contributed by atoms with E-state index in [4.69, 9.17) is 4.52 Å². The van der Waals surface area contributed by atoms with E-state index in [0.29, 0.717) is 24.4 Å². The number of nitrogens with zero attached hydrogens (tertiary/aromatic N) is 5. The van der Waals surface area contributed by atoms with Gasteiger partial charge in [0.25, 0.3) is 5.91 Å². The molecule has 0 radical (unpaired) electrons. The van der Waals surface area contributed by atoms with E-state index >= 15 is 0 Å². The molecule has 0 spiro atoms. The summed E-state index contributed by atoms with van der Waals surface area (Å²) in [6.07, 6.45) is 1.49. The lowest BCUT2D eigenvalue weighted by Gasteiger charge is -2.32. The number of carbonyl (C=O) groups excluding carboxylic acids is 1. The molecule has 0 unspecified atom stereocenters. The first-order chi connectivity index (χ1) is 11.6. The van der Waals surface area contributed by atoms with Crippen LogP contribution in [0.5, 0.6) is 0 Å². The Morgan fingerprint density at radius 1 is 1.25 bits per heavy atom. The third-order valence-electron chi connectivity index (χ3n) is 4.32. The highest BCUT2D eigenvalue weighted by Gasteiger charge is 2.31. The topological polar surface area (TPSA) is 77.1 Å². The van der Waals surface area contributed by atoms with E-state index in [0.717, 1.165) is 17.2 Å². The molecule has 0 saturated heterocycles. The van der Waals surface area contributed by atoms with Crippen LogP contribution in [0.15, 0.2) is 41.1 Å². The van der Waals surface area contributed by atoms with Crippen molar-refractivity contribution >= 4 is 5.91 Å². The molecule has 0 saturated carbocycles. The highest BCUT2D eigenvalue weighted by Crippen LogP contribution is 2.27. The summed E-state index contributed by atoms with van der Waals surface area (Å²) in [7, 11) is 0. The lowest BCUT2D eigenvalue weighted by Crippen LogP contribution is -2.40. The average molecular weight is 323 g/mol.